The number of hydrogen-bond acceptors (Lipinski definition) is 3. The van der Waals surface area contributed by atoms with Crippen LogP contribution in [0.25, 0.3) is 5.69 Å². The van der Waals surface area contributed by atoms with Gasteiger partial charge in [0.05, 0.1) is 17.4 Å². The van der Waals surface area contributed by atoms with Crippen molar-refractivity contribution < 1.29 is 9.90 Å². The van der Waals surface area contributed by atoms with Gasteiger partial charge in [0.15, 0.2) is 0 Å². The molecule has 1 N–H and O–H groups in total. The van der Waals surface area contributed by atoms with Crippen molar-refractivity contribution in [1.82, 2.24) is 14.4 Å². The molecule has 3 rings (SSSR count). The standard InChI is InChI=1S/C19H25N3O2/c1-15-5-6-18(21-7-3-4-8-21)17(13-15)19(24)22-11-9-20(10-12-22)14-16(2)23/h3-8,13,16,23H,9-12,14H2,1-2H3. The Labute approximate surface area is 143 Å². The number of aliphatic hydroxyl groups excluding tert-OH is 1. The number of rotatable bonds is 4. The zero-order valence-electron chi connectivity index (χ0n) is 14.4. The lowest BCUT2D eigenvalue weighted by Crippen LogP contribution is -2.50. The van der Waals surface area contributed by atoms with E-state index in [9.17, 15) is 9.90 Å². The van der Waals surface area contributed by atoms with Gasteiger partial charge in [-0.3, -0.25) is 9.69 Å². The van der Waals surface area contributed by atoms with Crippen LogP contribution in [0.1, 0.15) is 22.8 Å². The third-order valence-electron chi connectivity index (χ3n) is 4.45. The van der Waals surface area contributed by atoms with Gasteiger partial charge in [0, 0.05) is 45.1 Å². The van der Waals surface area contributed by atoms with E-state index in [4.69, 9.17) is 0 Å². The first-order chi connectivity index (χ1) is 11.5. The summed E-state index contributed by atoms with van der Waals surface area (Å²) in [6.07, 6.45) is 3.59. The highest BCUT2D eigenvalue weighted by molar-refractivity contribution is 5.98. The summed E-state index contributed by atoms with van der Waals surface area (Å²) >= 11 is 0. The highest BCUT2D eigenvalue weighted by Crippen LogP contribution is 2.20. The quantitative estimate of drug-likeness (QED) is 0.933. The molecule has 1 unspecified atom stereocenters. The highest BCUT2D eigenvalue weighted by Gasteiger charge is 2.24. The number of nitrogens with zero attached hydrogens (tertiary/aromatic N) is 3. The number of aliphatic hydroxyl groups is 1. The van der Waals surface area contributed by atoms with E-state index in [1.807, 2.05) is 59.1 Å². The first kappa shape index (κ1) is 16.7. The van der Waals surface area contributed by atoms with E-state index in [0.717, 1.165) is 29.9 Å². The lowest BCUT2D eigenvalue weighted by atomic mass is 10.1. The molecule has 1 aromatic carbocycles. The topological polar surface area (TPSA) is 48.7 Å². The average Bonchev–Trinajstić information content (AvgIpc) is 3.08. The van der Waals surface area contributed by atoms with E-state index in [1.165, 1.54) is 0 Å². The Morgan fingerprint density at radius 2 is 1.83 bits per heavy atom. The van der Waals surface area contributed by atoms with Crippen molar-refractivity contribution in [3.63, 3.8) is 0 Å². The molecule has 24 heavy (non-hydrogen) atoms. The van der Waals surface area contributed by atoms with Gasteiger partial charge in [-0.05, 0) is 38.1 Å². The third kappa shape index (κ3) is 3.68. The summed E-state index contributed by atoms with van der Waals surface area (Å²) in [5.74, 6) is 0.0825. The van der Waals surface area contributed by atoms with Gasteiger partial charge in [-0.1, -0.05) is 11.6 Å². The minimum atomic E-state index is -0.329. The lowest BCUT2D eigenvalue weighted by molar-refractivity contribution is 0.0554. The number of benzene rings is 1. The Balaban J connectivity index is 1.77. The van der Waals surface area contributed by atoms with E-state index >= 15 is 0 Å². The zero-order chi connectivity index (χ0) is 17.1. The molecule has 1 saturated heterocycles. The summed E-state index contributed by atoms with van der Waals surface area (Å²) in [6, 6.07) is 9.94. The van der Waals surface area contributed by atoms with Crippen LogP contribution >= 0.6 is 0 Å². The van der Waals surface area contributed by atoms with Crippen LogP contribution in [0.4, 0.5) is 0 Å². The summed E-state index contributed by atoms with van der Waals surface area (Å²) in [5, 5.41) is 9.51. The molecule has 1 aliphatic heterocycles. The molecule has 0 bridgehead atoms. The van der Waals surface area contributed by atoms with Gasteiger partial charge in [0.2, 0.25) is 0 Å². The Hall–Kier alpha value is -2.11. The molecule has 1 atom stereocenters. The van der Waals surface area contributed by atoms with Crippen molar-refractivity contribution in [1.29, 1.82) is 0 Å². The zero-order valence-corrected chi connectivity index (χ0v) is 14.4. The van der Waals surface area contributed by atoms with Gasteiger partial charge in [-0.2, -0.15) is 0 Å². The second kappa shape index (κ2) is 7.20. The number of piperazine rings is 1. The maximum Gasteiger partial charge on any atom is 0.256 e. The van der Waals surface area contributed by atoms with Crippen LogP contribution in [-0.2, 0) is 0 Å². The SMILES string of the molecule is Cc1ccc(-n2cccc2)c(C(=O)N2CCN(CC(C)O)CC2)c1. The lowest BCUT2D eigenvalue weighted by Gasteiger charge is -2.35. The van der Waals surface area contributed by atoms with Crippen molar-refractivity contribution in [2.75, 3.05) is 32.7 Å². The molecule has 5 heteroatoms. The number of carbonyl (C=O) groups is 1. The van der Waals surface area contributed by atoms with Crippen LogP contribution in [0.5, 0.6) is 0 Å². The molecular formula is C19H25N3O2. The molecule has 2 heterocycles. The van der Waals surface area contributed by atoms with E-state index in [-0.39, 0.29) is 12.0 Å². The van der Waals surface area contributed by atoms with E-state index in [0.29, 0.717) is 19.6 Å². The smallest absolute Gasteiger partial charge is 0.256 e. The number of β-amino-alcohol motifs (C(OH)–C–C–N with tert-alkyl or cyclic N) is 1. The number of hydrogen-bond donors (Lipinski definition) is 1. The molecule has 128 valence electrons. The van der Waals surface area contributed by atoms with Crippen LogP contribution < -0.4 is 0 Å². The third-order valence-corrected chi connectivity index (χ3v) is 4.45. The second-order valence-electron chi connectivity index (χ2n) is 6.55. The first-order valence-electron chi connectivity index (χ1n) is 8.48. The van der Waals surface area contributed by atoms with Crippen LogP contribution in [0.15, 0.2) is 42.7 Å². The van der Waals surface area contributed by atoms with Gasteiger partial charge in [0.1, 0.15) is 0 Å². The average molecular weight is 327 g/mol. The van der Waals surface area contributed by atoms with Crippen molar-refractivity contribution in [2.24, 2.45) is 0 Å². The van der Waals surface area contributed by atoms with Crippen molar-refractivity contribution in [3.8, 4) is 5.69 Å². The molecule has 1 aromatic heterocycles. The van der Waals surface area contributed by atoms with Gasteiger partial charge in [-0.15, -0.1) is 0 Å². The van der Waals surface area contributed by atoms with Crippen molar-refractivity contribution in [3.05, 3.63) is 53.9 Å². The van der Waals surface area contributed by atoms with Gasteiger partial charge in [0.25, 0.3) is 5.91 Å². The molecule has 0 radical (unpaired) electrons. The maximum absolute atomic E-state index is 13.0. The van der Waals surface area contributed by atoms with E-state index in [1.54, 1.807) is 6.92 Å². The van der Waals surface area contributed by atoms with Gasteiger partial charge in [-0.25, -0.2) is 0 Å². The number of aryl methyl sites for hydroxylation is 1. The number of amides is 1. The van der Waals surface area contributed by atoms with Crippen LogP contribution in [0.2, 0.25) is 0 Å². The second-order valence-corrected chi connectivity index (χ2v) is 6.55. The van der Waals surface area contributed by atoms with Gasteiger partial charge < -0.3 is 14.6 Å². The summed E-state index contributed by atoms with van der Waals surface area (Å²) in [4.78, 5) is 17.2. The monoisotopic (exact) mass is 327 g/mol. The van der Waals surface area contributed by atoms with Gasteiger partial charge >= 0.3 is 0 Å². The minimum absolute atomic E-state index is 0.0825. The maximum atomic E-state index is 13.0. The van der Waals surface area contributed by atoms with E-state index in [2.05, 4.69) is 4.90 Å². The largest absolute Gasteiger partial charge is 0.392 e. The Bertz CT molecular complexity index is 687. The van der Waals surface area contributed by atoms with Crippen molar-refractivity contribution in [2.45, 2.75) is 20.0 Å². The van der Waals surface area contributed by atoms with Crippen molar-refractivity contribution >= 4 is 5.91 Å². The summed E-state index contributed by atoms with van der Waals surface area (Å²) in [7, 11) is 0. The summed E-state index contributed by atoms with van der Waals surface area (Å²) < 4.78 is 1.98. The normalized spacial score (nSPS) is 17.0. The molecule has 0 aliphatic carbocycles. The number of aromatic nitrogens is 1. The molecule has 2 aromatic rings. The molecular weight excluding hydrogens is 302 g/mol. The Kier molecular flexibility index (Phi) is 5.02. The Morgan fingerprint density at radius 3 is 2.46 bits per heavy atom. The fraction of sp³-hybridized carbons (Fsp3) is 0.421. The Morgan fingerprint density at radius 1 is 1.17 bits per heavy atom. The molecule has 1 amide bonds. The van der Waals surface area contributed by atoms with Crippen LogP contribution in [-0.4, -0.2) is 64.2 Å². The molecule has 1 aliphatic rings. The summed E-state index contributed by atoms with van der Waals surface area (Å²) in [5.41, 5.74) is 2.75. The molecule has 1 fully saturated rings. The van der Waals surface area contributed by atoms with Crippen LogP contribution in [0, 0.1) is 6.92 Å². The first-order valence-corrected chi connectivity index (χ1v) is 8.48. The predicted molar refractivity (Wildman–Crippen MR) is 94.5 cm³/mol. The molecule has 0 saturated carbocycles. The minimum Gasteiger partial charge on any atom is -0.392 e. The number of carbonyl (C=O) groups excluding carboxylic acids is 1. The highest BCUT2D eigenvalue weighted by atomic mass is 16.3. The molecule has 5 nitrogen and oxygen atoms in total. The summed E-state index contributed by atoms with van der Waals surface area (Å²) in [6.45, 7) is 7.49. The molecule has 0 spiro atoms. The fourth-order valence-corrected chi connectivity index (χ4v) is 3.22. The fourth-order valence-electron chi connectivity index (χ4n) is 3.22. The predicted octanol–water partition coefficient (Wildman–Crippen LogP) is 1.92. The van der Waals surface area contributed by atoms with Crippen LogP contribution in [0.3, 0.4) is 0 Å². The van der Waals surface area contributed by atoms with E-state index < -0.39 is 0 Å².